The zero-order valence-electron chi connectivity index (χ0n) is 12.0. The van der Waals surface area contributed by atoms with Crippen molar-refractivity contribution in [3.05, 3.63) is 36.0 Å². The average Bonchev–Trinajstić information content (AvgIpc) is 2.48. The number of nitrogens with zero attached hydrogens (tertiary/aromatic N) is 3. The van der Waals surface area contributed by atoms with Gasteiger partial charge >= 0.3 is 0 Å². The van der Waals surface area contributed by atoms with Gasteiger partial charge in [-0.05, 0) is 31.2 Å². The zero-order chi connectivity index (χ0) is 15.1. The third-order valence-corrected chi connectivity index (χ3v) is 2.71. The maximum absolute atomic E-state index is 11.2. The Hall–Kier alpha value is -2.54. The molecule has 110 valence electrons. The highest BCUT2D eigenvalue weighted by Crippen LogP contribution is 2.15. The summed E-state index contributed by atoms with van der Waals surface area (Å²) < 4.78 is 4.94. The van der Waals surface area contributed by atoms with Gasteiger partial charge in [-0.1, -0.05) is 0 Å². The van der Waals surface area contributed by atoms with Crippen molar-refractivity contribution in [1.82, 2.24) is 15.2 Å². The number of benzene rings is 1. The van der Waals surface area contributed by atoms with Crippen molar-refractivity contribution < 1.29 is 9.53 Å². The Labute approximate surface area is 122 Å². The van der Waals surface area contributed by atoms with E-state index in [4.69, 9.17) is 4.74 Å². The number of hydrogen-bond donors (Lipinski definition) is 2. The SMILES string of the molecule is COCCNc1nncc(Nc2ccc(C(C)=O)cc2)n1. The Kier molecular flexibility index (Phi) is 5.16. The third-order valence-electron chi connectivity index (χ3n) is 2.71. The lowest BCUT2D eigenvalue weighted by Crippen LogP contribution is -2.11. The van der Waals surface area contributed by atoms with Crippen LogP contribution in [0.5, 0.6) is 0 Å². The second kappa shape index (κ2) is 7.30. The summed E-state index contributed by atoms with van der Waals surface area (Å²) in [4.78, 5) is 15.5. The van der Waals surface area contributed by atoms with Crippen molar-refractivity contribution in [2.45, 2.75) is 6.92 Å². The van der Waals surface area contributed by atoms with Gasteiger partial charge in [0, 0.05) is 24.9 Å². The predicted molar refractivity (Wildman–Crippen MR) is 79.9 cm³/mol. The maximum Gasteiger partial charge on any atom is 0.244 e. The molecule has 0 aliphatic heterocycles. The van der Waals surface area contributed by atoms with Crippen LogP contribution in [0.25, 0.3) is 0 Å². The topological polar surface area (TPSA) is 89.0 Å². The van der Waals surface area contributed by atoms with E-state index in [1.807, 2.05) is 12.1 Å². The van der Waals surface area contributed by atoms with Crippen LogP contribution in [0.4, 0.5) is 17.5 Å². The van der Waals surface area contributed by atoms with E-state index in [-0.39, 0.29) is 5.78 Å². The highest BCUT2D eigenvalue weighted by atomic mass is 16.5. The number of anilines is 3. The Morgan fingerprint density at radius 1 is 1.29 bits per heavy atom. The fourth-order valence-corrected chi connectivity index (χ4v) is 1.64. The Bertz CT molecular complexity index is 601. The van der Waals surface area contributed by atoms with Crippen LogP contribution in [-0.2, 0) is 4.74 Å². The monoisotopic (exact) mass is 287 g/mol. The van der Waals surface area contributed by atoms with Gasteiger partial charge in [0.1, 0.15) is 0 Å². The number of aromatic nitrogens is 3. The number of Topliss-reactive ketones (excluding diaryl/α,β-unsaturated/α-hetero) is 1. The van der Waals surface area contributed by atoms with Crippen LogP contribution in [0.1, 0.15) is 17.3 Å². The van der Waals surface area contributed by atoms with Gasteiger partial charge in [0.2, 0.25) is 5.95 Å². The molecule has 1 aromatic heterocycles. The quantitative estimate of drug-likeness (QED) is 0.593. The lowest BCUT2D eigenvalue weighted by atomic mass is 10.1. The number of rotatable bonds is 7. The summed E-state index contributed by atoms with van der Waals surface area (Å²) in [5, 5.41) is 13.9. The smallest absolute Gasteiger partial charge is 0.244 e. The van der Waals surface area contributed by atoms with Crippen molar-refractivity contribution in [3.8, 4) is 0 Å². The number of carbonyl (C=O) groups is 1. The summed E-state index contributed by atoms with van der Waals surface area (Å²) in [6.07, 6.45) is 1.53. The minimum Gasteiger partial charge on any atom is -0.383 e. The van der Waals surface area contributed by atoms with Crippen LogP contribution in [0.3, 0.4) is 0 Å². The van der Waals surface area contributed by atoms with Gasteiger partial charge in [-0.3, -0.25) is 4.79 Å². The van der Waals surface area contributed by atoms with E-state index in [2.05, 4.69) is 25.8 Å². The van der Waals surface area contributed by atoms with E-state index in [0.29, 0.717) is 30.5 Å². The standard InChI is InChI=1S/C14H17N5O2/c1-10(20)11-3-5-12(6-4-11)17-13-9-16-19-14(18-13)15-7-8-21-2/h3-6,9H,7-8H2,1-2H3,(H2,15,17,18,19). The summed E-state index contributed by atoms with van der Waals surface area (Å²) in [5.74, 6) is 1.03. The van der Waals surface area contributed by atoms with Crippen LogP contribution in [0.2, 0.25) is 0 Å². The van der Waals surface area contributed by atoms with Crippen molar-refractivity contribution in [3.63, 3.8) is 0 Å². The molecular formula is C14H17N5O2. The first kappa shape index (κ1) is 14.9. The van der Waals surface area contributed by atoms with Gasteiger partial charge in [0.25, 0.3) is 0 Å². The Morgan fingerprint density at radius 2 is 2.05 bits per heavy atom. The summed E-state index contributed by atoms with van der Waals surface area (Å²) in [6.45, 7) is 2.71. The number of nitrogens with one attached hydrogen (secondary N) is 2. The summed E-state index contributed by atoms with van der Waals surface area (Å²) in [7, 11) is 1.63. The molecule has 0 aliphatic rings. The van der Waals surface area contributed by atoms with Crippen molar-refractivity contribution >= 4 is 23.2 Å². The van der Waals surface area contributed by atoms with Crippen molar-refractivity contribution in [1.29, 1.82) is 0 Å². The highest BCUT2D eigenvalue weighted by Gasteiger charge is 2.02. The summed E-state index contributed by atoms with van der Waals surface area (Å²) >= 11 is 0. The van der Waals surface area contributed by atoms with Gasteiger partial charge in [-0.2, -0.15) is 10.1 Å². The minimum atomic E-state index is 0.0369. The lowest BCUT2D eigenvalue weighted by molar-refractivity contribution is 0.101. The van der Waals surface area contributed by atoms with Crippen LogP contribution in [0, 0.1) is 0 Å². The molecule has 0 unspecified atom stereocenters. The van der Waals surface area contributed by atoms with Crippen LogP contribution < -0.4 is 10.6 Å². The van der Waals surface area contributed by atoms with Gasteiger partial charge in [0.15, 0.2) is 11.6 Å². The minimum absolute atomic E-state index is 0.0369. The molecule has 0 radical (unpaired) electrons. The Balaban J connectivity index is 2.01. The molecule has 1 aromatic carbocycles. The largest absolute Gasteiger partial charge is 0.383 e. The van der Waals surface area contributed by atoms with Crippen molar-refractivity contribution in [2.24, 2.45) is 0 Å². The van der Waals surface area contributed by atoms with Gasteiger partial charge in [-0.25, -0.2) is 0 Å². The second-order valence-corrected chi connectivity index (χ2v) is 4.34. The van der Waals surface area contributed by atoms with E-state index in [0.717, 1.165) is 5.69 Å². The van der Waals surface area contributed by atoms with Gasteiger partial charge in [0.05, 0.1) is 12.8 Å². The molecule has 2 N–H and O–H groups in total. The maximum atomic E-state index is 11.2. The number of ether oxygens (including phenoxy) is 1. The molecule has 2 rings (SSSR count). The highest BCUT2D eigenvalue weighted by molar-refractivity contribution is 5.94. The first-order valence-corrected chi connectivity index (χ1v) is 6.49. The average molecular weight is 287 g/mol. The van der Waals surface area contributed by atoms with Crippen LogP contribution >= 0.6 is 0 Å². The van der Waals surface area contributed by atoms with E-state index in [1.54, 1.807) is 19.2 Å². The van der Waals surface area contributed by atoms with Gasteiger partial charge in [-0.15, -0.1) is 5.10 Å². The fraction of sp³-hybridized carbons (Fsp3) is 0.286. The normalized spacial score (nSPS) is 10.2. The molecule has 21 heavy (non-hydrogen) atoms. The molecule has 0 spiro atoms. The number of ketones is 1. The third kappa shape index (κ3) is 4.50. The molecular weight excluding hydrogens is 270 g/mol. The summed E-state index contributed by atoms with van der Waals surface area (Å²) in [5.41, 5.74) is 1.49. The first-order valence-electron chi connectivity index (χ1n) is 6.49. The lowest BCUT2D eigenvalue weighted by Gasteiger charge is -2.07. The molecule has 0 amide bonds. The predicted octanol–water partition coefficient (Wildman–Crippen LogP) is 1.88. The van der Waals surface area contributed by atoms with Crippen molar-refractivity contribution in [2.75, 3.05) is 30.9 Å². The molecule has 0 fully saturated rings. The zero-order valence-corrected chi connectivity index (χ0v) is 12.0. The summed E-state index contributed by atoms with van der Waals surface area (Å²) in [6, 6.07) is 7.15. The van der Waals surface area contributed by atoms with E-state index >= 15 is 0 Å². The number of carbonyl (C=O) groups excluding carboxylic acids is 1. The fourth-order valence-electron chi connectivity index (χ4n) is 1.64. The van der Waals surface area contributed by atoms with E-state index in [1.165, 1.54) is 13.1 Å². The van der Waals surface area contributed by atoms with E-state index in [9.17, 15) is 4.79 Å². The Morgan fingerprint density at radius 3 is 2.71 bits per heavy atom. The molecule has 0 aliphatic carbocycles. The molecule has 1 heterocycles. The molecule has 7 heteroatoms. The molecule has 7 nitrogen and oxygen atoms in total. The number of methoxy groups -OCH3 is 1. The molecule has 0 saturated heterocycles. The van der Waals surface area contributed by atoms with E-state index < -0.39 is 0 Å². The molecule has 0 atom stereocenters. The number of hydrogen-bond acceptors (Lipinski definition) is 7. The molecule has 2 aromatic rings. The van der Waals surface area contributed by atoms with Gasteiger partial charge < -0.3 is 15.4 Å². The molecule has 0 bridgehead atoms. The molecule has 0 saturated carbocycles. The van der Waals surface area contributed by atoms with Crippen LogP contribution in [-0.4, -0.2) is 41.2 Å². The second-order valence-electron chi connectivity index (χ2n) is 4.34. The first-order chi connectivity index (χ1) is 10.2. The van der Waals surface area contributed by atoms with Crippen LogP contribution in [0.15, 0.2) is 30.5 Å².